The third-order valence-electron chi connectivity index (χ3n) is 2.39. The van der Waals surface area contributed by atoms with Gasteiger partial charge in [0.25, 0.3) is 0 Å². The lowest BCUT2D eigenvalue weighted by Crippen LogP contribution is -2.39. The number of hydrogen-bond donors (Lipinski definition) is 0. The first kappa shape index (κ1) is 16.8. The van der Waals surface area contributed by atoms with E-state index in [9.17, 15) is 39.9 Å². The lowest BCUT2D eigenvalue weighted by atomic mass is 10.1. The van der Waals surface area contributed by atoms with Gasteiger partial charge in [-0.15, -0.1) is 10.2 Å². The molecule has 0 radical (unpaired) electrons. The molecule has 0 amide bonds. The number of aromatic nitrogens is 6. The van der Waals surface area contributed by atoms with Crippen LogP contribution in [0.1, 0.15) is 11.4 Å². The molecule has 0 aliphatic heterocycles. The Hall–Kier alpha value is -2.61. The van der Waals surface area contributed by atoms with Crippen LogP contribution in [-0.4, -0.2) is 42.2 Å². The third kappa shape index (κ3) is 2.72. The van der Waals surface area contributed by atoms with Gasteiger partial charge in [0.1, 0.15) is 0 Å². The Morgan fingerprint density at radius 3 is 2.04 bits per heavy atom. The molecule has 2 heterocycles. The van der Waals surface area contributed by atoms with Crippen molar-refractivity contribution in [3.05, 3.63) is 23.8 Å². The van der Waals surface area contributed by atoms with Gasteiger partial charge in [-0.25, -0.2) is 4.79 Å². The summed E-state index contributed by atoms with van der Waals surface area (Å²) >= 11 is 0. The molecule has 0 fully saturated rings. The summed E-state index contributed by atoms with van der Waals surface area (Å²) in [6.45, 7) is 0. The predicted octanol–water partition coefficient (Wildman–Crippen LogP) is 2.06. The number of carbonyl (C=O) groups excluding carboxylic acids is 1. The Balaban J connectivity index is 2.71. The first-order valence-corrected chi connectivity index (χ1v) is 5.26. The summed E-state index contributed by atoms with van der Waals surface area (Å²) < 4.78 is 101. The maximum absolute atomic E-state index is 13.4. The van der Waals surface area contributed by atoms with Crippen molar-refractivity contribution >= 4 is 6.03 Å². The molecule has 7 nitrogen and oxygen atoms in total. The minimum atomic E-state index is -6.42. The quantitative estimate of drug-likeness (QED) is 0.736. The van der Waals surface area contributed by atoms with E-state index in [4.69, 9.17) is 0 Å². The number of nitrogens with zero attached hydrogens (tertiary/aromatic N) is 6. The van der Waals surface area contributed by atoms with Crippen LogP contribution < -0.4 is 0 Å². The summed E-state index contributed by atoms with van der Waals surface area (Å²) in [5.74, 6) is -6.04. The third-order valence-corrected chi connectivity index (χ3v) is 2.39. The van der Waals surface area contributed by atoms with Crippen LogP contribution in [0, 0.1) is 0 Å². The molecule has 0 aliphatic rings. The van der Waals surface area contributed by atoms with Gasteiger partial charge in [0.05, 0.1) is 12.4 Å². The van der Waals surface area contributed by atoms with Crippen LogP contribution in [0.5, 0.6) is 0 Å². The Morgan fingerprint density at radius 1 is 1.00 bits per heavy atom. The highest BCUT2D eigenvalue weighted by Gasteiger charge is 2.65. The smallest absolute Gasteiger partial charge is 0.243 e. The minimum Gasteiger partial charge on any atom is -0.243 e. The Labute approximate surface area is 119 Å². The highest BCUT2D eigenvalue weighted by molar-refractivity contribution is 5.78. The molecule has 126 valence electrons. The van der Waals surface area contributed by atoms with E-state index in [2.05, 4.69) is 20.6 Å². The van der Waals surface area contributed by atoms with Crippen LogP contribution in [0.25, 0.3) is 0 Å². The fourth-order valence-corrected chi connectivity index (χ4v) is 1.43. The summed E-state index contributed by atoms with van der Waals surface area (Å²) in [6, 6.07) is -1.86. The van der Waals surface area contributed by atoms with E-state index >= 15 is 0 Å². The van der Waals surface area contributed by atoms with Crippen molar-refractivity contribution < 1.29 is 39.9 Å². The van der Waals surface area contributed by atoms with Crippen molar-refractivity contribution in [1.82, 2.24) is 30.0 Å². The van der Waals surface area contributed by atoms with Gasteiger partial charge in [0, 0.05) is 0 Å². The van der Waals surface area contributed by atoms with Crippen LogP contribution in [0.2, 0.25) is 0 Å². The second-order valence-electron chi connectivity index (χ2n) is 3.90. The molecule has 2 rings (SSSR count). The first-order chi connectivity index (χ1) is 10.4. The largest absolute Gasteiger partial charge is 0.459 e. The van der Waals surface area contributed by atoms with Gasteiger partial charge in [-0.2, -0.15) is 44.5 Å². The lowest BCUT2D eigenvalue weighted by Gasteiger charge is -2.21. The number of alkyl halides is 8. The molecule has 0 saturated heterocycles. The molecular formula is C8H2F8N6O. The van der Waals surface area contributed by atoms with E-state index in [1.807, 2.05) is 0 Å². The molecule has 0 aliphatic carbocycles. The molecule has 0 spiro atoms. The standard InChI is InChI=1S/C8H2F8N6O/c9-6(10,8(14,15)16)4-3(7(11,12)13)18-20-22(4)5(23)21-2-1-17-19-21/h1-2H. The van der Waals surface area contributed by atoms with E-state index in [1.165, 1.54) is 0 Å². The molecule has 15 heteroatoms. The van der Waals surface area contributed by atoms with Gasteiger partial charge >= 0.3 is 24.3 Å². The number of rotatable bonds is 1. The van der Waals surface area contributed by atoms with Crippen molar-refractivity contribution in [1.29, 1.82) is 0 Å². The fraction of sp³-hybridized carbons (Fsp3) is 0.375. The molecule has 0 saturated carbocycles. The maximum atomic E-state index is 13.4. The van der Waals surface area contributed by atoms with Crippen molar-refractivity contribution in [3.8, 4) is 0 Å². The first-order valence-electron chi connectivity index (χ1n) is 5.26. The Kier molecular flexibility index (Phi) is 3.61. The highest BCUT2D eigenvalue weighted by Crippen LogP contribution is 2.47. The number of halogens is 8. The summed E-state index contributed by atoms with van der Waals surface area (Å²) in [5, 5.41) is 10.7. The van der Waals surface area contributed by atoms with E-state index in [1.54, 1.807) is 0 Å². The SMILES string of the molecule is O=C(n1ccnn1)n1nnc(C(F)(F)F)c1C(F)(F)C(F)(F)F. The molecule has 0 atom stereocenters. The van der Waals surface area contributed by atoms with Gasteiger partial charge in [-0.1, -0.05) is 10.4 Å². The minimum absolute atomic E-state index is 0.102. The second kappa shape index (κ2) is 4.95. The van der Waals surface area contributed by atoms with Gasteiger partial charge in [-0.05, 0) is 0 Å². The highest BCUT2D eigenvalue weighted by atomic mass is 19.4. The van der Waals surface area contributed by atoms with Crippen LogP contribution >= 0.6 is 0 Å². The monoisotopic (exact) mass is 350 g/mol. The normalized spacial score (nSPS) is 13.4. The van der Waals surface area contributed by atoms with Crippen LogP contribution in [0.4, 0.5) is 39.9 Å². The molecule has 0 aromatic carbocycles. The molecule has 23 heavy (non-hydrogen) atoms. The van der Waals surface area contributed by atoms with Crippen molar-refractivity contribution in [2.24, 2.45) is 0 Å². The summed E-state index contributed by atoms with van der Waals surface area (Å²) in [5.41, 5.74) is -5.41. The zero-order valence-electron chi connectivity index (χ0n) is 10.3. The number of hydrogen-bond acceptors (Lipinski definition) is 5. The van der Waals surface area contributed by atoms with Gasteiger partial charge in [-0.3, -0.25) is 0 Å². The average molecular weight is 350 g/mol. The van der Waals surface area contributed by atoms with Crippen LogP contribution in [0.15, 0.2) is 12.4 Å². The van der Waals surface area contributed by atoms with Gasteiger partial charge in [0.15, 0.2) is 11.4 Å². The maximum Gasteiger partial charge on any atom is 0.459 e. The summed E-state index contributed by atoms with van der Waals surface area (Å²) in [6.07, 6.45) is -10.6. The molecular weight excluding hydrogens is 348 g/mol. The van der Waals surface area contributed by atoms with E-state index in [0.717, 1.165) is 6.20 Å². The fourth-order valence-electron chi connectivity index (χ4n) is 1.43. The van der Waals surface area contributed by atoms with Crippen molar-refractivity contribution in [3.63, 3.8) is 0 Å². The topological polar surface area (TPSA) is 78.5 Å². The van der Waals surface area contributed by atoms with Gasteiger partial charge < -0.3 is 0 Å². The van der Waals surface area contributed by atoms with Gasteiger partial charge in [0.2, 0.25) is 0 Å². The Morgan fingerprint density at radius 2 is 1.61 bits per heavy atom. The van der Waals surface area contributed by atoms with Crippen molar-refractivity contribution in [2.75, 3.05) is 0 Å². The van der Waals surface area contributed by atoms with E-state index < -0.39 is 40.4 Å². The molecule has 0 unspecified atom stereocenters. The molecule has 0 bridgehead atoms. The van der Waals surface area contributed by atoms with E-state index in [0.29, 0.717) is 6.20 Å². The second-order valence-corrected chi connectivity index (χ2v) is 3.90. The van der Waals surface area contributed by atoms with Crippen LogP contribution in [-0.2, 0) is 12.1 Å². The zero-order valence-corrected chi connectivity index (χ0v) is 10.3. The lowest BCUT2D eigenvalue weighted by molar-refractivity contribution is -0.293. The Bertz CT molecular complexity index is 714. The summed E-state index contributed by atoms with van der Waals surface area (Å²) in [4.78, 5) is 11.7. The van der Waals surface area contributed by atoms with E-state index in [-0.39, 0.29) is 4.68 Å². The predicted molar refractivity (Wildman–Crippen MR) is 51.2 cm³/mol. The summed E-state index contributed by atoms with van der Waals surface area (Å²) in [7, 11) is 0. The van der Waals surface area contributed by atoms with Crippen molar-refractivity contribution in [2.45, 2.75) is 18.3 Å². The molecule has 0 N–H and O–H groups in total. The molecule has 2 aromatic heterocycles. The number of carbonyl (C=O) groups is 1. The van der Waals surface area contributed by atoms with Crippen LogP contribution in [0.3, 0.4) is 0 Å². The molecule has 2 aromatic rings. The average Bonchev–Trinajstić information content (AvgIpc) is 3.05. The zero-order chi connectivity index (χ0) is 17.6.